The maximum Gasteiger partial charge on any atom is 0.253 e. The number of rotatable bonds is 5. The van der Waals surface area contributed by atoms with Crippen LogP contribution in [0.4, 0.5) is 0 Å². The summed E-state index contributed by atoms with van der Waals surface area (Å²) >= 11 is 0. The number of benzene rings is 1. The lowest BCUT2D eigenvalue weighted by molar-refractivity contribution is -0.120. The minimum atomic E-state index is -0.0637. The summed E-state index contributed by atoms with van der Waals surface area (Å²) < 4.78 is 5.08. The van der Waals surface area contributed by atoms with Gasteiger partial charge in [0.15, 0.2) is 0 Å². The van der Waals surface area contributed by atoms with Crippen LogP contribution in [-0.2, 0) is 11.2 Å². The standard InChI is InChI=1S/C20H23N3O3/c1-14-18(15(2)26-22-14)11-12-19(24)21-13-5-6-16-7-9-17(10-8-16)20(25)23(3)4/h7-10H,11-13H2,1-4H3,(H,21,24). The number of carbonyl (C=O) groups excluding carboxylic acids is 2. The van der Waals surface area contributed by atoms with Gasteiger partial charge in [-0.15, -0.1) is 0 Å². The number of nitrogens with one attached hydrogen (secondary N) is 1. The molecule has 0 aliphatic heterocycles. The van der Waals surface area contributed by atoms with Crippen molar-refractivity contribution in [2.75, 3.05) is 20.6 Å². The van der Waals surface area contributed by atoms with Crippen LogP contribution in [0.25, 0.3) is 0 Å². The number of amides is 2. The molecule has 0 aliphatic carbocycles. The fourth-order valence-corrected chi connectivity index (χ4v) is 2.43. The van der Waals surface area contributed by atoms with Crippen LogP contribution in [-0.4, -0.2) is 42.5 Å². The minimum absolute atomic E-state index is 0.0462. The van der Waals surface area contributed by atoms with Gasteiger partial charge < -0.3 is 14.7 Å². The fourth-order valence-electron chi connectivity index (χ4n) is 2.43. The van der Waals surface area contributed by atoms with Crippen LogP contribution in [0, 0.1) is 25.7 Å². The van der Waals surface area contributed by atoms with E-state index in [1.807, 2.05) is 13.8 Å². The zero-order valence-corrected chi connectivity index (χ0v) is 15.5. The summed E-state index contributed by atoms with van der Waals surface area (Å²) in [6, 6.07) is 7.08. The molecule has 2 rings (SSSR count). The average Bonchev–Trinajstić information content (AvgIpc) is 2.94. The number of hydrogen-bond acceptors (Lipinski definition) is 4. The second kappa shape index (κ2) is 8.86. The van der Waals surface area contributed by atoms with Crippen molar-refractivity contribution in [3.8, 4) is 11.8 Å². The van der Waals surface area contributed by atoms with E-state index < -0.39 is 0 Å². The molecule has 0 fully saturated rings. The third-order valence-corrected chi connectivity index (χ3v) is 3.93. The summed E-state index contributed by atoms with van der Waals surface area (Å²) in [7, 11) is 3.43. The molecule has 1 aromatic carbocycles. The van der Waals surface area contributed by atoms with Gasteiger partial charge in [-0.2, -0.15) is 0 Å². The number of aromatic nitrogens is 1. The van der Waals surface area contributed by atoms with Crippen molar-refractivity contribution in [2.24, 2.45) is 0 Å². The SMILES string of the molecule is Cc1noc(C)c1CCC(=O)NCC#Cc1ccc(C(=O)N(C)C)cc1. The Hall–Kier alpha value is -3.07. The van der Waals surface area contributed by atoms with Gasteiger partial charge >= 0.3 is 0 Å². The Morgan fingerprint density at radius 1 is 1.19 bits per heavy atom. The number of aryl methyl sites for hydroxylation is 2. The summed E-state index contributed by atoms with van der Waals surface area (Å²) in [5.41, 5.74) is 3.23. The molecule has 2 amide bonds. The highest BCUT2D eigenvalue weighted by Crippen LogP contribution is 2.14. The average molecular weight is 353 g/mol. The second-order valence-corrected chi connectivity index (χ2v) is 6.16. The summed E-state index contributed by atoms with van der Waals surface area (Å²) in [6.07, 6.45) is 0.966. The number of hydrogen-bond donors (Lipinski definition) is 1. The molecule has 0 spiro atoms. The lowest BCUT2D eigenvalue weighted by Crippen LogP contribution is -2.23. The smallest absolute Gasteiger partial charge is 0.253 e. The van der Waals surface area contributed by atoms with Crippen molar-refractivity contribution in [1.29, 1.82) is 0 Å². The Labute approximate surface area is 153 Å². The van der Waals surface area contributed by atoms with E-state index in [1.54, 1.807) is 38.4 Å². The van der Waals surface area contributed by atoms with Gasteiger partial charge in [-0.05, 0) is 44.5 Å². The Morgan fingerprint density at radius 3 is 2.46 bits per heavy atom. The molecule has 0 saturated carbocycles. The van der Waals surface area contributed by atoms with Crippen LogP contribution < -0.4 is 5.32 Å². The number of carbonyl (C=O) groups is 2. The minimum Gasteiger partial charge on any atom is -0.361 e. The lowest BCUT2D eigenvalue weighted by atomic mass is 10.1. The molecule has 0 unspecified atom stereocenters. The molecule has 0 atom stereocenters. The third-order valence-electron chi connectivity index (χ3n) is 3.93. The Morgan fingerprint density at radius 2 is 1.88 bits per heavy atom. The van der Waals surface area contributed by atoms with Crippen LogP contribution >= 0.6 is 0 Å². The van der Waals surface area contributed by atoms with Gasteiger partial charge in [-0.25, -0.2) is 0 Å². The quantitative estimate of drug-likeness (QED) is 0.835. The fraction of sp³-hybridized carbons (Fsp3) is 0.350. The second-order valence-electron chi connectivity index (χ2n) is 6.16. The molecule has 136 valence electrons. The Balaban J connectivity index is 1.79. The van der Waals surface area contributed by atoms with Gasteiger partial charge in [0.1, 0.15) is 5.76 Å². The van der Waals surface area contributed by atoms with Crippen molar-refractivity contribution in [3.05, 3.63) is 52.4 Å². The summed E-state index contributed by atoms with van der Waals surface area (Å²) in [5, 5.41) is 6.65. The van der Waals surface area contributed by atoms with Crippen LogP contribution in [0.5, 0.6) is 0 Å². The first kappa shape index (κ1) is 19.3. The maximum atomic E-state index is 11.9. The Kier molecular flexibility index (Phi) is 6.56. The highest BCUT2D eigenvalue weighted by Gasteiger charge is 2.10. The van der Waals surface area contributed by atoms with E-state index in [2.05, 4.69) is 22.3 Å². The maximum absolute atomic E-state index is 11.9. The molecular weight excluding hydrogens is 330 g/mol. The topological polar surface area (TPSA) is 75.4 Å². The molecule has 1 aromatic heterocycles. The largest absolute Gasteiger partial charge is 0.361 e. The normalized spacial score (nSPS) is 10.0. The van der Waals surface area contributed by atoms with E-state index in [9.17, 15) is 9.59 Å². The van der Waals surface area contributed by atoms with E-state index in [-0.39, 0.29) is 18.4 Å². The van der Waals surface area contributed by atoms with E-state index in [4.69, 9.17) is 4.52 Å². The molecule has 1 N–H and O–H groups in total. The molecular formula is C20H23N3O3. The predicted molar refractivity (Wildman–Crippen MR) is 98.6 cm³/mol. The zero-order chi connectivity index (χ0) is 19.1. The van der Waals surface area contributed by atoms with E-state index in [0.717, 1.165) is 22.6 Å². The molecule has 0 saturated heterocycles. The van der Waals surface area contributed by atoms with Crippen molar-refractivity contribution in [2.45, 2.75) is 26.7 Å². The van der Waals surface area contributed by atoms with E-state index in [0.29, 0.717) is 18.4 Å². The van der Waals surface area contributed by atoms with Crippen LogP contribution in [0.1, 0.15) is 39.4 Å². The predicted octanol–water partition coefficient (Wildman–Crippen LogP) is 2.09. The molecule has 0 aliphatic rings. The van der Waals surface area contributed by atoms with Gasteiger partial charge in [0.2, 0.25) is 5.91 Å². The van der Waals surface area contributed by atoms with Gasteiger partial charge in [-0.3, -0.25) is 9.59 Å². The van der Waals surface area contributed by atoms with E-state index >= 15 is 0 Å². The van der Waals surface area contributed by atoms with Crippen LogP contribution in [0.15, 0.2) is 28.8 Å². The van der Waals surface area contributed by atoms with Crippen molar-refractivity contribution in [1.82, 2.24) is 15.4 Å². The summed E-state index contributed by atoms with van der Waals surface area (Å²) in [6.45, 7) is 3.99. The molecule has 2 aromatic rings. The van der Waals surface area contributed by atoms with Crippen molar-refractivity contribution < 1.29 is 14.1 Å². The lowest BCUT2D eigenvalue weighted by Gasteiger charge is -2.09. The first-order valence-corrected chi connectivity index (χ1v) is 8.37. The first-order valence-electron chi connectivity index (χ1n) is 8.37. The molecule has 6 heteroatoms. The third kappa shape index (κ3) is 5.21. The van der Waals surface area contributed by atoms with Crippen molar-refractivity contribution in [3.63, 3.8) is 0 Å². The molecule has 0 bridgehead atoms. The monoisotopic (exact) mass is 353 g/mol. The van der Waals surface area contributed by atoms with E-state index in [1.165, 1.54) is 4.90 Å². The highest BCUT2D eigenvalue weighted by atomic mass is 16.5. The van der Waals surface area contributed by atoms with Crippen LogP contribution in [0.2, 0.25) is 0 Å². The van der Waals surface area contributed by atoms with Gasteiger partial charge in [0, 0.05) is 37.2 Å². The van der Waals surface area contributed by atoms with Crippen LogP contribution in [0.3, 0.4) is 0 Å². The molecule has 6 nitrogen and oxygen atoms in total. The first-order chi connectivity index (χ1) is 12.4. The molecule has 0 radical (unpaired) electrons. The Bertz CT molecular complexity index is 820. The van der Waals surface area contributed by atoms with Gasteiger partial charge in [0.25, 0.3) is 5.91 Å². The van der Waals surface area contributed by atoms with Gasteiger partial charge in [0.05, 0.1) is 12.2 Å². The highest BCUT2D eigenvalue weighted by molar-refractivity contribution is 5.93. The number of nitrogens with zero attached hydrogens (tertiary/aromatic N) is 2. The zero-order valence-electron chi connectivity index (χ0n) is 15.5. The van der Waals surface area contributed by atoms with Gasteiger partial charge in [-0.1, -0.05) is 17.0 Å². The molecule has 1 heterocycles. The summed E-state index contributed by atoms with van der Waals surface area (Å²) in [4.78, 5) is 25.2. The summed E-state index contributed by atoms with van der Waals surface area (Å²) in [5.74, 6) is 6.53. The molecule has 26 heavy (non-hydrogen) atoms. The van der Waals surface area contributed by atoms with Crippen molar-refractivity contribution >= 4 is 11.8 Å².